The Morgan fingerprint density at radius 3 is 3.00 bits per heavy atom. The van der Waals surface area contributed by atoms with Crippen LogP contribution in [0.15, 0.2) is 6.33 Å². The summed E-state index contributed by atoms with van der Waals surface area (Å²) >= 11 is 0. The van der Waals surface area contributed by atoms with Crippen molar-refractivity contribution in [3.05, 3.63) is 6.33 Å². The maximum absolute atomic E-state index is 8.92. The number of tetrazole rings is 1. The van der Waals surface area contributed by atoms with Crippen LogP contribution in [-0.2, 0) is 6.54 Å². The van der Waals surface area contributed by atoms with Crippen LogP contribution in [0.2, 0.25) is 0 Å². The molecule has 1 aromatic rings. The summed E-state index contributed by atoms with van der Waals surface area (Å²) < 4.78 is 1.66. The molecule has 62 valence electrons. The van der Waals surface area contributed by atoms with Crippen LogP contribution < -0.4 is 0 Å². The smallest absolute Gasteiger partial charge is 0.138 e. The predicted molar refractivity (Wildman–Crippen MR) is 38.7 cm³/mol. The molecule has 1 N–H and O–H groups in total. The van der Waals surface area contributed by atoms with Gasteiger partial charge in [0.2, 0.25) is 0 Å². The molecule has 1 atom stereocenters. The molecular weight excluding hydrogens is 144 g/mol. The average Bonchev–Trinajstić information content (AvgIpc) is 2.39. The van der Waals surface area contributed by atoms with E-state index < -0.39 is 0 Å². The molecule has 5 heteroatoms. The molecule has 0 aliphatic rings. The lowest BCUT2D eigenvalue weighted by Gasteiger charge is -2.01. The summed E-state index contributed by atoms with van der Waals surface area (Å²) in [5, 5.41) is 19.6. The first-order valence-corrected chi connectivity index (χ1v) is 3.68. The molecule has 0 bridgehead atoms. The second-order valence-electron chi connectivity index (χ2n) is 2.56. The molecule has 1 aromatic heterocycles. The van der Waals surface area contributed by atoms with E-state index in [9.17, 15) is 0 Å². The van der Waals surface area contributed by atoms with Crippen LogP contribution in [0.1, 0.15) is 19.8 Å². The van der Waals surface area contributed by atoms with Crippen LogP contribution in [0, 0.1) is 0 Å². The summed E-state index contributed by atoms with van der Waals surface area (Å²) in [6.07, 6.45) is 3.04. The van der Waals surface area contributed by atoms with Gasteiger partial charge in [-0.2, -0.15) is 0 Å². The van der Waals surface area contributed by atoms with Crippen molar-refractivity contribution >= 4 is 0 Å². The van der Waals surface area contributed by atoms with Gasteiger partial charge in [0, 0.05) is 6.54 Å². The van der Waals surface area contributed by atoms with Crippen molar-refractivity contribution in [3.8, 4) is 0 Å². The lowest BCUT2D eigenvalue weighted by atomic mass is 10.2. The third kappa shape index (κ3) is 3.08. The van der Waals surface area contributed by atoms with E-state index in [2.05, 4.69) is 15.5 Å². The number of rotatable bonds is 4. The fourth-order valence-electron chi connectivity index (χ4n) is 0.831. The zero-order valence-corrected chi connectivity index (χ0v) is 6.51. The van der Waals surface area contributed by atoms with E-state index in [4.69, 9.17) is 5.11 Å². The topological polar surface area (TPSA) is 63.8 Å². The van der Waals surface area contributed by atoms with Gasteiger partial charge in [-0.25, -0.2) is 4.68 Å². The standard InChI is InChI=1S/C6H12N4O/c1-6(11)3-2-4-10-5-7-8-9-10/h5-6,11H,2-4H2,1H3. The molecule has 0 saturated carbocycles. The minimum absolute atomic E-state index is 0.230. The molecule has 0 fully saturated rings. The van der Waals surface area contributed by atoms with Crippen molar-refractivity contribution in [2.24, 2.45) is 0 Å². The highest BCUT2D eigenvalue weighted by Crippen LogP contribution is 1.96. The Morgan fingerprint density at radius 1 is 1.64 bits per heavy atom. The summed E-state index contributed by atoms with van der Waals surface area (Å²) in [5.41, 5.74) is 0. The Morgan fingerprint density at radius 2 is 2.45 bits per heavy atom. The van der Waals surface area contributed by atoms with Crippen LogP contribution in [-0.4, -0.2) is 31.4 Å². The summed E-state index contributed by atoms with van der Waals surface area (Å²) in [6, 6.07) is 0. The fraction of sp³-hybridized carbons (Fsp3) is 0.833. The third-order valence-electron chi connectivity index (χ3n) is 1.40. The van der Waals surface area contributed by atoms with Gasteiger partial charge in [-0.05, 0) is 30.2 Å². The van der Waals surface area contributed by atoms with Crippen LogP contribution in [0.3, 0.4) is 0 Å². The Kier molecular flexibility index (Phi) is 2.97. The molecule has 0 amide bonds. The molecule has 0 aromatic carbocycles. The molecule has 0 aliphatic heterocycles. The van der Waals surface area contributed by atoms with E-state index in [0.29, 0.717) is 0 Å². The molecule has 0 radical (unpaired) electrons. The highest BCUT2D eigenvalue weighted by atomic mass is 16.3. The molecule has 1 heterocycles. The lowest BCUT2D eigenvalue weighted by Crippen LogP contribution is -2.04. The maximum Gasteiger partial charge on any atom is 0.138 e. The highest BCUT2D eigenvalue weighted by Gasteiger charge is 1.96. The normalized spacial score (nSPS) is 13.3. The second kappa shape index (κ2) is 4.02. The minimum Gasteiger partial charge on any atom is -0.393 e. The second-order valence-corrected chi connectivity index (χ2v) is 2.56. The van der Waals surface area contributed by atoms with E-state index in [0.717, 1.165) is 19.4 Å². The Balaban J connectivity index is 2.14. The van der Waals surface area contributed by atoms with Gasteiger partial charge in [0.05, 0.1) is 6.10 Å². The Hall–Kier alpha value is -0.970. The van der Waals surface area contributed by atoms with Gasteiger partial charge in [-0.1, -0.05) is 0 Å². The summed E-state index contributed by atoms with van der Waals surface area (Å²) in [5.74, 6) is 0. The monoisotopic (exact) mass is 156 g/mol. The number of aliphatic hydroxyl groups is 1. The molecule has 11 heavy (non-hydrogen) atoms. The van der Waals surface area contributed by atoms with Crippen LogP contribution in [0.5, 0.6) is 0 Å². The van der Waals surface area contributed by atoms with Crippen molar-refractivity contribution in [3.63, 3.8) is 0 Å². The van der Waals surface area contributed by atoms with Gasteiger partial charge < -0.3 is 5.11 Å². The highest BCUT2D eigenvalue weighted by molar-refractivity contribution is 4.50. The van der Waals surface area contributed by atoms with Crippen LogP contribution >= 0.6 is 0 Å². The quantitative estimate of drug-likeness (QED) is 0.657. The maximum atomic E-state index is 8.92. The molecule has 5 nitrogen and oxygen atoms in total. The van der Waals surface area contributed by atoms with Gasteiger partial charge in [0.15, 0.2) is 0 Å². The number of aliphatic hydroxyl groups excluding tert-OH is 1. The number of hydrogen-bond donors (Lipinski definition) is 1. The first-order valence-electron chi connectivity index (χ1n) is 3.68. The summed E-state index contributed by atoms with van der Waals surface area (Å²) in [4.78, 5) is 0. The number of aromatic nitrogens is 4. The molecular formula is C6H12N4O. The first kappa shape index (κ1) is 8.13. The zero-order chi connectivity index (χ0) is 8.10. The lowest BCUT2D eigenvalue weighted by molar-refractivity contribution is 0.179. The Labute approximate surface area is 65.0 Å². The predicted octanol–water partition coefficient (Wildman–Crippen LogP) is -0.166. The first-order chi connectivity index (χ1) is 5.29. The third-order valence-corrected chi connectivity index (χ3v) is 1.40. The number of nitrogens with zero attached hydrogens (tertiary/aromatic N) is 4. The van der Waals surface area contributed by atoms with Gasteiger partial charge >= 0.3 is 0 Å². The number of hydrogen-bond acceptors (Lipinski definition) is 4. The zero-order valence-electron chi connectivity index (χ0n) is 6.51. The van der Waals surface area contributed by atoms with E-state index >= 15 is 0 Å². The van der Waals surface area contributed by atoms with Crippen molar-refractivity contribution in [1.29, 1.82) is 0 Å². The van der Waals surface area contributed by atoms with E-state index in [1.165, 1.54) is 0 Å². The molecule has 0 aliphatic carbocycles. The fourth-order valence-corrected chi connectivity index (χ4v) is 0.831. The summed E-state index contributed by atoms with van der Waals surface area (Å²) in [6.45, 7) is 2.55. The van der Waals surface area contributed by atoms with Gasteiger partial charge in [-0.15, -0.1) is 5.10 Å². The van der Waals surface area contributed by atoms with E-state index in [1.54, 1.807) is 17.9 Å². The van der Waals surface area contributed by atoms with Crippen LogP contribution in [0.4, 0.5) is 0 Å². The minimum atomic E-state index is -0.230. The average molecular weight is 156 g/mol. The molecule has 1 unspecified atom stereocenters. The van der Waals surface area contributed by atoms with Gasteiger partial charge in [-0.3, -0.25) is 0 Å². The molecule has 1 rings (SSSR count). The van der Waals surface area contributed by atoms with Crippen molar-refractivity contribution in [2.75, 3.05) is 0 Å². The van der Waals surface area contributed by atoms with Gasteiger partial charge in [0.25, 0.3) is 0 Å². The van der Waals surface area contributed by atoms with Gasteiger partial charge in [0.1, 0.15) is 6.33 Å². The SMILES string of the molecule is CC(O)CCCn1cnnn1. The molecule has 0 saturated heterocycles. The number of aryl methyl sites for hydroxylation is 1. The molecule has 0 spiro atoms. The van der Waals surface area contributed by atoms with E-state index in [1.807, 2.05) is 0 Å². The largest absolute Gasteiger partial charge is 0.393 e. The van der Waals surface area contributed by atoms with E-state index in [-0.39, 0.29) is 6.10 Å². The Bertz CT molecular complexity index is 184. The van der Waals surface area contributed by atoms with Crippen LogP contribution in [0.25, 0.3) is 0 Å². The van der Waals surface area contributed by atoms with Crippen molar-refractivity contribution in [1.82, 2.24) is 20.2 Å². The van der Waals surface area contributed by atoms with Crippen molar-refractivity contribution in [2.45, 2.75) is 32.4 Å². The van der Waals surface area contributed by atoms with Crippen molar-refractivity contribution < 1.29 is 5.11 Å². The summed E-state index contributed by atoms with van der Waals surface area (Å²) in [7, 11) is 0.